The Morgan fingerprint density at radius 2 is 2.17 bits per heavy atom. The van der Waals surface area contributed by atoms with Crippen LogP contribution in [-0.2, 0) is 29.7 Å². The van der Waals surface area contributed by atoms with Crippen molar-refractivity contribution in [2.24, 2.45) is 12.0 Å². The zero-order chi connectivity index (χ0) is 19.9. The van der Waals surface area contributed by atoms with E-state index < -0.39 is 0 Å². The third-order valence-electron chi connectivity index (χ3n) is 4.70. The minimum atomic E-state index is 0. The Morgan fingerprint density at radius 3 is 2.86 bits per heavy atom. The second-order valence-electron chi connectivity index (χ2n) is 7.33. The molecule has 1 unspecified atom stereocenters. The molecule has 0 aliphatic carbocycles. The molecule has 0 bridgehead atoms. The molecule has 3 rings (SSSR count). The van der Waals surface area contributed by atoms with Gasteiger partial charge in [-0.3, -0.25) is 9.67 Å². The van der Waals surface area contributed by atoms with Gasteiger partial charge >= 0.3 is 0 Å². The van der Waals surface area contributed by atoms with E-state index in [1.54, 1.807) is 4.68 Å². The van der Waals surface area contributed by atoms with Crippen molar-refractivity contribution in [3.05, 3.63) is 53.3 Å². The molecule has 2 heterocycles. The number of nitrogens with zero attached hydrogens (tertiary/aromatic N) is 4. The van der Waals surface area contributed by atoms with Gasteiger partial charge in [0, 0.05) is 38.9 Å². The standard InChI is InChI=1S/C21H31N5O2.HI/c1-16(2)28-15-18-7-5-6-17(10-18)11-23-21(22-3)26-8-9-27-20(14-26)19-12-24-25(4)13-19;/h5-7,10,12-13,16,20H,8-9,11,14-15H2,1-4H3,(H,22,23);1H. The van der Waals surface area contributed by atoms with Crippen LogP contribution in [0, 0.1) is 0 Å². The molecule has 0 spiro atoms. The molecule has 1 fully saturated rings. The number of hydrogen-bond donors (Lipinski definition) is 1. The lowest BCUT2D eigenvalue weighted by Gasteiger charge is -2.34. The second kappa shape index (κ2) is 11.5. The van der Waals surface area contributed by atoms with Gasteiger partial charge < -0.3 is 19.7 Å². The molecular weight excluding hydrogens is 481 g/mol. The number of nitrogens with one attached hydrogen (secondary N) is 1. The molecular formula is C21H32IN5O2. The van der Waals surface area contributed by atoms with Crippen molar-refractivity contribution in [3.8, 4) is 0 Å². The molecule has 7 nitrogen and oxygen atoms in total. The molecule has 29 heavy (non-hydrogen) atoms. The molecule has 0 saturated carbocycles. The highest BCUT2D eigenvalue weighted by molar-refractivity contribution is 14.0. The Bertz CT molecular complexity index is 793. The van der Waals surface area contributed by atoms with Crippen LogP contribution in [0.2, 0.25) is 0 Å². The Hall–Kier alpha value is -1.65. The van der Waals surface area contributed by atoms with E-state index in [1.165, 1.54) is 11.1 Å². The van der Waals surface area contributed by atoms with E-state index in [4.69, 9.17) is 9.47 Å². The molecule has 1 aromatic carbocycles. The van der Waals surface area contributed by atoms with Crippen LogP contribution < -0.4 is 5.32 Å². The fourth-order valence-corrected chi connectivity index (χ4v) is 3.26. The van der Waals surface area contributed by atoms with E-state index >= 15 is 0 Å². The van der Waals surface area contributed by atoms with Crippen LogP contribution in [0.1, 0.15) is 36.6 Å². The Morgan fingerprint density at radius 1 is 1.38 bits per heavy atom. The predicted molar refractivity (Wildman–Crippen MR) is 125 cm³/mol. The van der Waals surface area contributed by atoms with Crippen molar-refractivity contribution < 1.29 is 9.47 Å². The minimum absolute atomic E-state index is 0. The minimum Gasteiger partial charge on any atom is -0.374 e. The van der Waals surface area contributed by atoms with Crippen molar-refractivity contribution in [3.63, 3.8) is 0 Å². The molecule has 1 aliphatic rings. The molecule has 1 aromatic heterocycles. The molecule has 1 N–H and O–H groups in total. The summed E-state index contributed by atoms with van der Waals surface area (Å²) in [6.07, 6.45) is 4.12. The first-order valence-electron chi connectivity index (χ1n) is 9.80. The number of benzene rings is 1. The number of ether oxygens (including phenoxy) is 2. The number of aryl methyl sites for hydroxylation is 1. The van der Waals surface area contributed by atoms with Gasteiger partial charge in [-0.1, -0.05) is 24.3 Å². The zero-order valence-corrected chi connectivity index (χ0v) is 20.0. The summed E-state index contributed by atoms with van der Waals surface area (Å²) in [5, 5.41) is 7.74. The van der Waals surface area contributed by atoms with Crippen molar-refractivity contribution in [1.29, 1.82) is 0 Å². The van der Waals surface area contributed by atoms with Gasteiger partial charge in [-0.05, 0) is 25.0 Å². The summed E-state index contributed by atoms with van der Waals surface area (Å²) in [4.78, 5) is 6.72. The summed E-state index contributed by atoms with van der Waals surface area (Å²) in [5.41, 5.74) is 3.49. The highest BCUT2D eigenvalue weighted by Crippen LogP contribution is 2.21. The average molecular weight is 513 g/mol. The first-order valence-corrected chi connectivity index (χ1v) is 9.80. The van der Waals surface area contributed by atoms with Crippen LogP contribution in [0.15, 0.2) is 41.7 Å². The van der Waals surface area contributed by atoms with Crippen molar-refractivity contribution >= 4 is 29.9 Å². The zero-order valence-electron chi connectivity index (χ0n) is 17.7. The number of morpholine rings is 1. The third-order valence-corrected chi connectivity index (χ3v) is 4.70. The van der Waals surface area contributed by atoms with Crippen LogP contribution in [0.3, 0.4) is 0 Å². The number of aromatic nitrogens is 2. The Balaban J connectivity index is 0.00000300. The normalized spacial score (nSPS) is 17.3. The predicted octanol–water partition coefficient (Wildman–Crippen LogP) is 3.11. The highest BCUT2D eigenvalue weighted by atomic mass is 127. The maximum atomic E-state index is 5.94. The molecule has 8 heteroatoms. The lowest BCUT2D eigenvalue weighted by atomic mass is 10.1. The van der Waals surface area contributed by atoms with Gasteiger partial charge in [-0.25, -0.2) is 0 Å². The molecule has 0 radical (unpaired) electrons. The maximum absolute atomic E-state index is 5.94. The fraction of sp³-hybridized carbons (Fsp3) is 0.524. The van der Waals surface area contributed by atoms with Crippen LogP contribution in [0.25, 0.3) is 0 Å². The molecule has 160 valence electrons. The van der Waals surface area contributed by atoms with Crippen LogP contribution in [0.4, 0.5) is 0 Å². The van der Waals surface area contributed by atoms with Crippen LogP contribution >= 0.6 is 24.0 Å². The van der Waals surface area contributed by atoms with E-state index in [1.807, 2.05) is 26.5 Å². The number of rotatable bonds is 6. The molecule has 1 aliphatic heterocycles. The van der Waals surface area contributed by atoms with Gasteiger partial charge in [0.2, 0.25) is 0 Å². The van der Waals surface area contributed by atoms with Crippen LogP contribution in [0.5, 0.6) is 0 Å². The van der Waals surface area contributed by atoms with Gasteiger partial charge in [0.05, 0.1) is 32.1 Å². The number of aliphatic imine (C=N–C) groups is 1. The van der Waals surface area contributed by atoms with E-state index in [0.717, 1.165) is 31.2 Å². The fourth-order valence-electron chi connectivity index (χ4n) is 3.26. The van der Waals surface area contributed by atoms with Gasteiger partial charge in [-0.2, -0.15) is 5.10 Å². The molecule has 0 amide bonds. The summed E-state index contributed by atoms with van der Waals surface area (Å²) < 4.78 is 13.4. The highest BCUT2D eigenvalue weighted by Gasteiger charge is 2.25. The number of hydrogen-bond acceptors (Lipinski definition) is 4. The first kappa shape index (κ1) is 23.6. The largest absolute Gasteiger partial charge is 0.374 e. The SMILES string of the molecule is CN=C(NCc1cccc(COC(C)C)c1)N1CCOC(c2cnn(C)c2)C1.I. The Kier molecular flexibility index (Phi) is 9.38. The maximum Gasteiger partial charge on any atom is 0.194 e. The van der Waals surface area contributed by atoms with Crippen molar-refractivity contribution in [2.45, 2.75) is 39.2 Å². The smallest absolute Gasteiger partial charge is 0.194 e. The quantitative estimate of drug-likeness (QED) is 0.366. The second-order valence-corrected chi connectivity index (χ2v) is 7.33. The van der Waals surface area contributed by atoms with Crippen LogP contribution in [-0.4, -0.2) is 53.5 Å². The summed E-state index contributed by atoms with van der Waals surface area (Å²) in [7, 11) is 3.74. The lowest BCUT2D eigenvalue weighted by molar-refractivity contribution is -0.00805. The van der Waals surface area contributed by atoms with E-state index in [-0.39, 0.29) is 36.2 Å². The molecule has 2 aromatic rings. The molecule has 1 saturated heterocycles. The third kappa shape index (κ3) is 6.97. The van der Waals surface area contributed by atoms with E-state index in [0.29, 0.717) is 13.2 Å². The van der Waals surface area contributed by atoms with Crippen molar-refractivity contribution in [2.75, 3.05) is 26.7 Å². The number of halogens is 1. The van der Waals surface area contributed by atoms with Gasteiger partial charge in [0.1, 0.15) is 6.10 Å². The summed E-state index contributed by atoms with van der Waals surface area (Å²) in [6.45, 7) is 7.70. The van der Waals surface area contributed by atoms with Gasteiger partial charge in [0.15, 0.2) is 5.96 Å². The summed E-state index contributed by atoms with van der Waals surface area (Å²) >= 11 is 0. The average Bonchev–Trinajstić information content (AvgIpc) is 3.14. The van der Waals surface area contributed by atoms with Gasteiger partial charge in [0.25, 0.3) is 0 Å². The Labute approximate surface area is 190 Å². The van der Waals surface area contributed by atoms with E-state index in [9.17, 15) is 0 Å². The van der Waals surface area contributed by atoms with Crippen molar-refractivity contribution in [1.82, 2.24) is 20.0 Å². The topological polar surface area (TPSA) is 63.9 Å². The van der Waals surface area contributed by atoms with Gasteiger partial charge in [-0.15, -0.1) is 24.0 Å². The number of guanidine groups is 1. The summed E-state index contributed by atoms with van der Waals surface area (Å²) in [6, 6.07) is 8.48. The lowest BCUT2D eigenvalue weighted by Crippen LogP contribution is -2.47. The molecule has 1 atom stereocenters. The van der Waals surface area contributed by atoms with E-state index in [2.05, 4.69) is 58.4 Å². The summed E-state index contributed by atoms with van der Waals surface area (Å²) in [5.74, 6) is 0.890. The first-order chi connectivity index (χ1) is 13.5. The monoisotopic (exact) mass is 513 g/mol.